The Morgan fingerprint density at radius 1 is 1.43 bits per heavy atom. The predicted molar refractivity (Wildman–Crippen MR) is 32.6 cm³/mol. The monoisotopic (exact) mass is 105 g/mol. The molecule has 3 heteroatoms. The molecular weight excluding hydrogens is 90.1 g/mol. The van der Waals surface area contributed by atoms with Crippen LogP contribution in [0.4, 0.5) is 0 Å². The maximum Gasteiger partial charge on any atom is 0.00985 e. The van der Waals surface area contributed by atoms with Gasteiger partial charge in [0.1, 0.15) is 0 Å². The lowest BCUT2D eigenvalue weighted by Gasteiger charge is -2.03. The third-order valence-corrected chi connectivity index (χ3v) is 0.576. The van der Waals surface area contributed by atoms with Crippen molar-refractivity contribution >= 4 is 0 Å². The van der Waals surface area contributed by atoms with Crippen LogP contribution in [0, 0.1) is 0 Å². The Hall–Kier alpha value is -0.120. The third kappa shape index (κ3) is 10.7. The van der Waals surface area contributed by atoms with Crippen LogP contribution in [0.1, 0.15) is 0 Å². The largest absolute Gasteiger partial charge is 0.344 e. The summed E-state index contributed by atoms with van der Waals surface area (Å²) in [6.45, 7) is 1.74. The minimum Gasteiger partial charge on any atom is -0.344 e. The van der Waals surface area contributed by atoms with Crippen molar-refractivity contribution < 1.29 is 0 Å². The second kappa shape index (κ2) is 5.88. The number of rotatable bonds is 2. The molecule has 0 aliphatic heterocycles. The first-order chi connectivity index (χ1) is 2.77. The summed E-state index contributed by atoms with van der Waals surface area (Å²) in [5.74, 6) is 0. The highest BCUT2D eigenvalue weighted by atomic mass is 15.1. The van der Waals surface area contributed by atoms with Gasteiger partial charge in [-0.05, 0) is 14.1 Å². The van der Waals surface area contributed by atoms with E-state index in [-0.39, 0.29) is 6.15 Å². The number of likely N-dealkylation sites (N-methyl/N-ethyl adjacent to an activating group) is 1. The predicted octanol–water partition coefficient (Wildman–Crippen LogP) is -0.331. The highest BCUT2D eigenvalue weighted by Crippen LogP contribution is 1.64. The minimum absolute atomic E-state index is 0. The first kappa shape index (κ1) is 9.99. The van der Waals surface area contributed by atoms with E-state index in [0.29, 0.717) is 0 Å². The fourth-order valence-corrected chi connectivity index (χ4v) is 0.258. The molecule has 0 heterocycles. The summed E-state index contributed by atoms with van der Waals surface area (Å²) in [7, 11) is 4.01. The van der Waals surface area contributed by atoms with E-state index in [1.807, 2.05) is 14.1 Å². The maximum atomic E-state index is 5.19. The summed E-state index contributed by atoms with van der Waals surface area (Å²) < 4.78 is 0. The Morgan fingerprint density at radius 2 is 1.86 bits per heavy atom. The Bertz CT molecular complexity index is 28.1. The molecule has 0 aromatic carbocycles. The zero-order chi connectivity index (χ0) is 4.99. The van der Waals surface area contributed by atoms with E-state index in [1.165, 1.54) is 0 Å². The van der Waals surface area contributed by atoms with E-state index in [1.54, 1.807) is 0 Å². The summed E-state index contributed by atoms with van der Waals surface area (Å²) >= 11 is 0. The maximum absolute atomic E-state index is 5.19. The van der Waals surface area contributed by atoms with Crippen LogP contribution < -0.4 is 11.9 Å². The molecule has 3 nitrogen and oxygen atoms in total. The van der Waals surface area contributed by atoms with E-state index < -0.39 is 0 Å². The van der Waals surface area contributed by atoms with E-state index in [4.69, 9.17) is 5.73 Å². The van der Waals surface area contributed by atoms with Crippen molar-refractivity contribution in [2.24, 2.45) is 5.73 Å². The average molecular weight is 105 g/mol. The first-order valence-electron chi connectivity index (χ1n) is 2.12. The van der Waals surface area contributed by atoms with Gasteiger partial charge in [-0.2, -0.15) is 0 Å². The third-order valence-electron chi connectivity index (χ3n) is 0.576. The van der Waals surface area contributed by atoms with Crippen molar-refractivity contribution in [3.8, 4) is 0 Å². The standard InChI is InChI=1S/C4H12N2.H3N/c1-6(2)4-3-5;/h3-5H2,1-2H3;1H3. The van der Waals surface area contributed by atoms with Gasteiger partial charge < -0.3 is 16.8 Å². The second-order valence-corrected chi connectivity index (χ2v) is 1.59. The fraction of sp³-hybridized carbons (Fsp3) is 1.00. The highest BCUT2D eigenvalue weighted by Gasteiger charge is 1.79. The lowest BCUT2D eigenvalue weighted by atomic mass is 10.6. The van der Waals surface area contributed by atoms with Gasteiger partial charge in [0.2, 0.25) is 0 Å². The van der Waals surface area contributed by atoms with Gasteiger partial charge in [-0.15, -0.1) is 0 Å². The number of nitrogens with zero attached hydrogens (tertiary/aromatic N) is 1. The molecule has 5 N–H and O–H groups in total. The molecule has 0 amide bonds. The van der Waals surface area contributed by atoms with Gasteiger partial charge in [0.15, 0.2) is 0 Å². The molecule has 0 fully saturated rings. The molecule has 0 aliphatic rings. The van der Waals surface area contributed by atoms with Gasteiger partial charge in [-0.25, -0.2) is 0 Å². The molecule has 0 aromatic heterocycles. The Labute approximate surface area is 45.1 Å². The van der Waals surface area contributed by atoms with Gasteiger partial charge >= 0.3 is 0 Å². The Kier molecular flexibility index (Phi) is 8.39. The molecule has 0 atom stereocenters. The molecule has 0 saturated heterocycles. The fourth-order valence-electron chi connectivity index (χ4n) is 0.258. The molecule has 0 rings (SSSR count). The number of nitrogens with two attached hydrogens (primary N) is 1. The van der Waals surface area contributed by atoms with E-state index in [2.05, 4.69) is 4.90 Å². The molecule has 0 aromatic rings. The van der Waals surface area contributed by atoms with Crippen molar-refractivity contribution in [3.63, 3.8) is 0 Å². The van der Waals surface area contributed by atoms with Crippen molar-refractivity contribution in [3.05, 3.63) is 0 Å². The Morgan fingerprint density at radius 3 is 1.86 bits per heavy atom. The number of hydrogen-bond acceptors (Lipinski definition) is 3. The van der Waals surface area contributed by atoms with Crippen LogP contribution >= 0.6 is 0 Å². The van der Waals surface area contributed by atoms with E-state index in [0.717, 1.165) is 13.1 Å². The van der Waals surface area contributed by atoms with Crippen LogP contribution in [0.3, 0.4) is 0 Å². The van der Waals surface area contributed by atoms with Crippen molar-refractivity contribution in [1.29, 1.82) is 0 Å². The molecule has 7 heavy (non-hydrogen) atoms. The van der Waals surface area contributed by atoms with E-state index in [9.17, 15) is 0 Å². The molecule has 46 valence electrons. The van der Waals surface area contributed by atoms with Gasteiger partial charge in [0.05, 0.1) is 0 Å². The lowest BCUT2D eigenvalue weighted by molar-refractivity contribution is 0.420. The van der Waals surface area contributed by atoms with Crippen molar-refractivity contribution in [2.75, 3.05) is 27.2 Å². The summed E-state index contributed by atoms with van der Waals surface area (Å²) in [5, 5.41) is 0. The second-order valence-electron chi connectivity index (χ2n) is 1.59. The molecule has 0 unspecified atom stereocenters. The smallest absolute Gasteiger partial charge is 0.00985 e. The van der Waals surface area contributed by atoms with Crippen LogP contribution in [0.15, 0.2) is 0 Å². The summed E-state index contributed by atoms with van der Waals surface area (Å²) in [5.41, 5.74) is 5.19. The van der Waals surface area contributed by atoms with Gasteiger partial charge in [0, 0.05) is 13.1 Å². The van der Waals surface area contributed by atoms with Crippen LogP contribution in [-0.4, -0.2) is 32.1 Å². The van der Waals surface area contributed by atoms with Crippen LogP contribution in [0.2, 0.25) is 0 Å². The van der Waals surface area contributed by atoms with Crippen molar-refractivity contribution in [1.82, 2.24) is 11.1 Å². The summed E-state index contributed by atoms with van der Waals surface area (Å²) in [6.07, 6.45) is 0. The van der Waals surface area contributed by atoms with Crippen molar-refractivity contribution in [2.45, 2.75) is 0 Å². The topological polar surface area (TPSA) is 64.3 Å². The van der Waals surface area contributed by atoms with Crippen LogP contribution in [0.25, 0.3) is 0 Å². The SMILES string of the molecule is CN(C)CCN.N. The van der Waals surface area contributed by atoms with Gasteiger partial charge in [0.25, 0.3) is 0 Å². The molecule has 0 spiro atoms. The normalized spacial score (nSPS) is 8.57. The molecule has 0 bridgehead atoms. The van der Waals surface area contributed by atoms with E-state index >= 15 is 0 Å². The molecule has 0 aliphatic carbocycles. The summed E-state index contributed by atoms with van der Waals surface area (Å²) in [6, 6.07) is 0. The quantitative estimate of drug-likeness (QED) is 0.505. The zero-order valence-corrected chi connectivity index (χ0v) is 5.15. The molecule has 0 saturated carbocycles. The average Bonchev–Trinajstić information content (AvgIpc) is 1.35. The molecular formula is C4H15N3. The number of hydrogen-bond donors (Lipinski definition) is 2. The van der Waals surface area contributed by atoms with Crippen LogP contribution in [0.5, 0.6) is 0 Å². The van der Waals surface area contributed by atoms with Crippen LogP contribution in [-0.2, 0) is 0 Å². The lowest BCUT2D eigenvalue weighted by Crippen LogP contribution is -2.20. The zero-order valence-electron chi connectivity index (χ0n) is 5.15. The molecule has 0 radical (unpaired) electrons. The summed E-state index contributed by atoms with van der Waals surface area (Å²) in [4.78, 5) is 2.06. The first-order valence-corrected chi connectivity index (χ1v) is 2.12. The highest BCUT2D eigenvalue weighted by molar-refractivity contribution is 4.38. The minimum atomic E-state index is 0. The Balaban J connectivity index is 0. The van der Waals surface area contributed by atoms with Gasteiger partial charge in [-0.1, -0.05) is 0 Å². The van der Waals surface area contributed by atoms with Gasteiger partial charge in [-0.3, -0.25) is 0 Å².